The molecule has 8 heteroatoms. The van der Waals surface area contributed by atoms with E-state index >= 15 is 0 Å². The average Bonchev–Trinajstić information content (AvgIpc) is 2.75. The lowest BCUT2D eigenvalue weighted by Gasteiger charge is -2.12. The third-order valence-corrected chi connectivity index (χ3v) is 3.49. The van der Waals surface area contributed by atoms with E-state index in [1.165, 1.54) is 17.1 Å². The zero-order chi connectivity index (χ0) is 14.2. The molecule has 2 aromatic rings. The largest absolute Gasteiger partial charge is 0.416 e. The molecule has 0 atom stereocenters. The van der Waals surface area contributed by atoms with Crippen molar-refractivity contribution in [2.24, 2.45) is 0 Å². The maximum absolute atomic E-state index is 12.6. The first kappa shape index (κ1) is 14.1. The van der Waals surface area contributed by atoms with E-state index in [0.29, 0.717) is 11.3 Å². The van der Waals surface area contributed by atoms with Gasteiger partial charge in [0.05, 0.1) is 23.0 Å². The summed E-state index contributed by atoms with van der Waals surface area (Å²) in [5, 5.41) is 12.6. The van der Waals surface area contributed by atoms with Crippen LogP contribution in [0.25, 0.3) is 5.69 Å². The van der Waals surface area contributed by atoms with Crippen LogP contribution in [0, 0.1) is 11.3 Å². The smallest absolute Gasteiger partial charge is 0.237 e. The normalized spacial score (nSPS) is 11.4. The summed E-state index contributed by atoms with van der Waals surface area (Å²) in [5.41, 5.74) is -0.0594. The second-order valence-electron chi connectivity index (χ2n) is 3.57. The van der Waals surface area contributed by atoms with E-state index in [0.717, 1.165) is 12.1 Å². The Morgan fingerprint density at radius 2 is 1.79 bits per heavy atom. The van der Waals surface area contributed by atoms with Gasteiger partial charge >= 0.3 is 6.18 Å². The molecule has 0 saturated heterocycles. The third kappa shape index (κ3) is 2.82. The van der Waals surface area contributed by atoms with Crippen LogP contribution < -0.4 is 0 Å². The molecular formula is C11H4Br2F3N3. The molecule has 0 aliphatic heterocycles. The van der Waals surface area contributed by atoms with Crippen molar-refractivity contribution in [3.05, 3.63) is 44.6 Å². The van der Waals surface area contributed by atoms with Crippen molar-refractivity contribution >= 4 is 31.9 Å². The average molecular weight is 395 g/mol. The minimum atomic E-state index is -4.43. The highest BCUT2D eigenvalue weighted by Crippen LogP contribution is 2.37. The summed E-state index contributed by atoms with van der Waals surface area (Å²) >= 11 is 6.17. The molecule has 1 heterocycles. The number of hydrogen-bond acceptors (Lipinski definition) is 2. The molecule has 0 bridgehead atoms. The fourth-order valence-electron chi connectivity index (χ4n) is 1.45. The second kappa shape index (κ2) is 4.98. The van der Waals surface area contributed by atoms with Gasteiger partial charge in [0.2, 0.25) is 0 Å². The Balaban J connectivity index is 2.57. The molecule has 0 fully saturated rings. The van der Waals surface area contributed by atoms with Crippen molar-refractivity contribution in [2.45, 2.75) is 6.18 Å². The van der Waals surface area contributed by atoms with Crippen LogP contribution in [-0.4, -0.2) is 9.78 Å². The van der Waals surface area contributed by atoms with Crippen LogP contribution in [0.5, 0.6) is 0 Å². The molecule has 19 heavy (non-hydrogen) atoms. The van der Waals surface area contributed by atoms with Crippen LogP contribution in [0.15, 0.2) is 33.5 Å². The molecule has 0 unspecified atom stereocenters. The molecule has 0 radical (unpaired) electrons. The molecule has 98 valence electrons. The van der Waals surface area contributed by atoms with E-state index in [9.17, 15) is 13.2 Å². The highest BCUT2D eigenvalue weighted by atomic mass is 79.9. The molecule has 1 aromatic carbocycles. The van der Waals surface area contributed by atoms with Crippen LogP contribution in [0.3, 0.4) is 0 Å². The number of hydrogen-bond donors (Lipinski definition) is 0. The zero-order valence-electron chi connectivity index (χ0n) is 9.04. The maximum Gasteiger partial charge on any atom is 0.416 e. The fraction of sp³-hybridized carbons (Fsp3) is 0.0909. The van der Waals surface area contributed by atoms with Crippen molar-refractivity contribution in [1.82, 2.24) is 9.78 Å². The molecule has 0 aliphatic rings. The van der Waals surface area contributed by atoms with Gasteiger partial charge in [-0.2, -0.15) is 23.5 Å². The molecule has 0 spiro atoms. The van der Waals surface area contributed by atoms with Crippen molar-refractivity contribution in [3.63, 3.8) is 0 Å². The van der Waals surface area contributed by atoms with Crippen molar-refractivity contribution < 1.29 is 13.2 Å². The molecule has 1 aromatic heterocycles. The van der Waals surface area contributed by atoms with Gasteiger partial charge in [-0.05, 0) is 44.0 Å². The summed E-state index contributed by atoms with van der Waals surface area (Å²) in [7, 11) is 0. The van der Waals surface area contributed by atoms with Crippen molar-refractivity contribution in [2.75, 3.05) is 0 Å². The Bertz CT molecular complexity index is 648. The van der Waals surface area contributed by atoms with Gasteiger partial charge in [-0.1, -0.05) is 0 Å². The van der Waals surface area contributed by atoms with Gasteiger partial charge in [-0.15, -0.1) is 0 Å². The van der Waals surface area contributed by atoms with Gasteiger partial charge in [0.25, 0.3) is 0 Å². The first-order valence-electron chi connectivity index (χ1n) is 4.84. The summed E-state index contributed by atoms with van der Waals surface area (Å²) in [5.74, 6) is 0. The van der Waals surface area contributed by atoms with Gasteiger partial charge in [0, 0.05) is 15.1 Å². The third-order valence-electron chi connectivity index (χ3n) is 2.29. The van der Waals surface area contributed by atoms with Crippen molar-refractivity contribution in [1.29, 1.82) is 5.26 Å². The summed E-state index contributed by atoms with van der Waals surface area (Å²) < 4.78 is 39.7. The van der Waals surface area contributed by atoms with Gasteiger partial charge < -0.3 is 0 Å². The van der Waals surface area contributed by atoms with E-state index in [2.05, 4.69) is 37.0 Å². The van der Waals surface area contributed by atoms with Crippen LogP contribution in [0.1, 0.15) is 11.1 Å². The van der Waals surface area contributed by atoms with Crippen LogP contribution in [0.2, 0.25) is 0 Å². The number of halogens is 5. The summed E-state index contributed by atoms with van der Waals surface area (Å²) in [6, 6.07) is 3.83. The number of nitrogens with zero attached hydrogens (tertiary/aromatic N) is 3. The quantitative estimate of drug-likeness (QED) is 0.724. The lowest BCUT2D eigenvalue weighted by molar-refractivity contribution is -0.137. The first-order chi connectivity index (χ1) is 8.82. The lowest BCUT2D eigenvalue weighted by Crippen LogP contribution is -2.07. The number of alkyl halides is 3. The minimum absolute atomic E-state index is 0.224. The summed E-state index contributed by atoms with van der Waals surface area (Å²) in [6.45, 7) is 0. The van der Waals surface area contributed by atoms with Crippen LogP contribution in [0.4, 0.5) is 13.2 Å². The Hall–Kier alpha value is -1.33. The Morgan fingerprint density at radius 1 is 1.21 bits per heavy atom. The van der Waals surface area contributed by atoms with E-state index in [1.54, 1.807) is 0 Å². The highest BCUT2D eigenvalue weighted by Gasteiger charge is 2.32. The van der Waals surface area contributed by atoms with Crippen LogP contribution >= 0.6 is 31.9 Å². The predicted octanol–water partition coefficient (Wildman–Crippen LogP) is 4.29. The van der Waals surface area contributed by atoms with Crippen molar-refractivity contribution in [3.8, 4) is 11.8 Å². The number of aromatic nitrogens is 2. The zero-order valence-corrected chi connectivity index (χ0v) is 12.2. The van der Waals surface area contributed by atoms with E-state index in [1.807, 2.05) is 6.07 Å². The fourth-order valence-corrected chi connectivity index (χ4v) is 3.00. The SMILES string of the molecule is N#Cc1cnn(-c2c(Br)cc(C(F)(F)F)cc2Br)c1. The Morgan fingerprint density at radius 3 is 2.21 bits per heavy atom. The van der Waals surface area contributed by atoms with Gasteiger partial charge in [-0.25, -0.2) is 4.68 Å². The molecule has 0 saturated carbocycles. The maximum atomic E-state index is 12.6. The lowest BCUT2D eigenvalue weighted by atomic mass is 10.2. The van der Waals surface area contributed by atoms with Gasteiger partial charge in [-0.3, -0.25) is 0 Å². The topological polar surface area (TPSA) is 41.6 Å². The van der Waals surface area contributed by atoms with Crippen LogP contribution in [-0.2, 0) is 6.18 Å². The number of nitriles is 1. The molecule has 0 N–H and O–H groups in total. The minimum Gasteiger partial charge on any atom is -0.237 e. The van der Waals surface area contributed by atoms with E-state index < -0.39 is 11.7 Å². The standard InChI is InChI=1S/C11H4Br2F3N3/c12-8-1-7(11(14,15)16)2-9(13)10(8)19-5-6(3-17)4-18-19/h1-2,4-5H. The molecule has 0 aliphatic carbocycles. The second-order valence-corrected chi connectivity index (χ2v) is 5.28. The van der Waals surface area contributed by atoms with E-state index in [-0.39, 0.29) is 8.95 Å². The van der Waals surface area contributed by atoms with Gasteiger partial charge in [0.15, 0.2) is 0 Å². The molecule has 0 amide bonds. The van der Waals surface area contributed by atoms with Gasteiger partial charge in [0.1, 0.15) is 6.07 Å². The summed E-state index contributed by atoms with van der Waals surface area (Å²) in [6.07, 6.45) is -1.67. The Kier molecular flexibility index (Phi) is 3.69. The molecule has 2 rings (SSSR count). The van der Waals surface area contributed by atoms with E-state index in [4.69, 9.17) is 5.26 Å². The number of rotatable bonds is 1. The first-order valence-corrected chi connectivity index (χ1v) is 6.43. The predicted molar refractivity (Wildman–Crippen MR) is 68.7 cm³/mol. The monoisotopic (exact) mass is 393 g/mol. The molecular weight excluding hydrogens is 391 g/mol. The summed E-state index contributed by atoms with van der Waals surface area (Å²) in [4.78, 5) is 0. The molecule has 3 nitrogen and oxygen atoms in total. The Labute approximate surface area is 122 Å². The number of benzene rings is 1. The highest BCUT2D eigenvalue weighted by molar-refractivity contribution is 9.11.